The lowest BCUT2D eigenvalue weighted by Gasteiger charge is -2.19. The molecule has 1 amide bonds. The first-order chi connectivity index (χ1) is 15.2. The van der Waals surface area contributed by atoms with E-state index in [1.165, 1.54) is 51.4 Å². The fraction of sp³-hybridized carbons (Fsp3) is 0.741. The van der Waals surface area contributed by atoms with Crippen molar-refractivity contribution >= 4 is 5.91 Å². The van der Waals surface area contributed by atoms with E-state index in [0.717, 1.165) is 38.5 Å². The smallest absolute Gasteiger partial charge is 0.220 e. The van der Waals surface area contributed by atoms with Crippen molar-refractivity contribution in [3.8, 4) is 0 Å². The van der Waals surface area contributed by atoms with Crippen molar-refractivity contribution in [1.82, 2.24) is 5.32 Å². The molecule has 0 fully saturated rings. The maximum absolute atomic E-state index is 12.1. The lowest BCUT2D eigenvalue weighted by Crippen LogP contribution is -2.45. The first kappa shape index (κ1) is 29.6. The molecule has 0 spiro atoms. The van der Waals surface area contributed by atoms with Gasteiger partial charge >= 0.3 is 0 Å². The van der Waals surface area contributed by atoms with Gasteiger partial charge in [-0.15, -0.1) is 0 Å². The number of aliphatic hydroxyl groups is 2. The highest BCUT2D eigenvalue weighted by atomic mass is 16.3. The van der Waals surface area contributed by atoms with Gasteiger partial charge in [-0.25, -0.2) is 0 Å². The molecule has 0 aliphatic carbocycles. The highest BCUT2D eigenvalue weighted by molar-refractivity contribution is 5.76. The Bertz CT molecular complexity index is 485. The van der Waals surface area contributed by atoms with E-state index in [1.54, 1.807) is 6.08 Å². The molecule has 0 heterocycles. The topological polar surface area (TPSA) is 69.6 Å². The maximum atomic E-state index is 12.1. The van der Waals surface area contributed by atoms with Gasteiger partial charge < -0.3 is 15.5 Å². The molecule has 2 unspecified atom stereocenters. The molecule has 0 aromatic heterocycles. The van der Waals surface area contributed by atoms with E-state index < -0.39 is 12.1 Å². The van der Waals surface area contributed by atoms with Crippen LogP contribution in [0.2, 0.25) is 0 Å². The van der Waals surface area contributed by atoms with Gasteiger partial charge in [0.1, 0.15) is 0 Å². The summed E-state index contributed by atoms with van der Waals surface area (Å²) in [6.07, 6.45) is 28.0. The number of amides is 1. The fourth-order valence-corrected chi connectivity index (χ4v) is 3.45. The third kappa shape index (κ3) is 20.3. The molecule has 3 N–H and O–H groups in total. The van der Waals surface area contributed by atoms with Crippen LogP contribution >= 0.6 is 0 Å². The molecule has 31 heavy (non-hydrogen) atoms. The minimum atomic E-state index is -0.861. The Morgan fingerprint density at radius 3 is 1.87 bits per heavy atom. The summed E-state index contributed by atoms with van der Waals surface area (Å²) in [4.78, 5) is 12.1. The number of aliphatic hydroxyl groups excluding tert-OH is 2. The third-order valence-corrected chi connectivity index (χ3v) is 5.45. The summed E-state index contributed by atoms with van der Waals surface area (Å²) in [6.45, 7) is 4.00. The Hall–Kier alpha value is -1.39. The lowest BCUT2D eigenvalue weighted by atomic mass is 10.1. The van der Waals surface area contributed by atoms with Crippen LogP contribution in [0, 0.1) is 0 Å². The van der Waals surface area contributed by atoms with Crippen LogP contribution in [0.1, 0.15) is 110 Å². The van der Waals surface area contributed by atoms with E-state index >= 15 is 0 Å². The van der Waals surface area contributed by atoms with E-state index in [9.17, 15) is 15.0 Å². The van der Waals surface area contributed by atoms with Crippen LogP contribution in [0.5, 0.6) is 0 Å². The number of rotatable bonds is 21. The van der Waals surface area contributed by atoms with Gasteiger partial charge in [-0.3, -0.25) is 4.79 Å². The maximum Gasteiger partial charge on any atom is 0.220 e. The standard InChI is InChI=1S/C27H49NO3/c1-3-5-7-9-11-13-15-17-19-21-23-27(31)28-25(24-29)26(30)22-20-18-16-14-12-10-8-6-4-2/h4,6,12,14,20,22,25-26,29-30H,3,5,7-11,13,15-19,21,23-24H2,1-2H3,(H,28,31)/b6-4+,14-12+,22-20+. The molecular weight excluding hydrogens is 386 g/mol. The van der Waals surface area contributed by atoms with Gasteiger partial charge in [0.05, 0.1) is 18.8 Å². The van der Waals surface area contributed by atoms with E-state index in [2.05, 4.69) is 36.5 Å². The molecule has 0 rings (SSSR count). The van der Waals surface area contributed by atoms with Gasteiger partial charge in [0.2, 0.25) is 5.91 Å². The molecule has 4 heteroatoms. The minimum absolute atomic E-state index is 0.0878. The highest BCUT2D eigenvalue weighted by Gasteiger charge is 2.17. The van der Waals surface area contributed by atoms with Crippen LogP contribution in [0.15, 0.2) is 36.5 Å². The van der Waals surface area contributed by atoms with Crippen LogP contribution in [-0.2, 0) is 4.79 Å². The molecule has 0 aromatic carbocycles. The van der Waals surface area contributed by atoms with Crippen LogP contribution in [-0.4, -0.2) is 34.9 Å². The Morgan fingerprint density at radius 1 is 0.806 bits per heavy atom. The van der Waals surface area contributed by atoms with Gasteiger partial charge in [0.15, 0.2) is 0 Å². The van der Waals surface area contributed by atoms with Gasteiger partial charge in [-0.1, -0.05) is 101 Å². The summed E-state index contributed by atoms with van der Waals surface area (Å²) >= 11 is 0. The molecule has 0 bridgehead atoms. The number of hydrogen-bond donors (Lipinski definition) is 3. The SMILES string of the molecule is C/C=C/CC/C=C/CC/C=C/C(O)C(CO)NC(=O)CCCCCCCCCCCC. The van der Waals surface area contributed by atoms with Gasteiger partial charge in [-0.05, 0) is 39.0 Å². The summed E-state index contributed by atoms with van der Waals surface area (Å²) in [6, 6.07) is -0.636. The normalized spacial score (nSPS) is 14.1. The van der Waals surface area contributed by atoms with E-state index in [-0.39, 0.29) is 12.5 Å². The third-order valence-electron chi connectivity index (χ3n) is 5.45. The lowest BCUT2D eigenvalue weighted by molar-refractivity contribution is -0.123. The molecule has 0 aliphatic rings. The number of carbonyl (C=O) groups is 1. The molecule has 0 saturated heterocycles. The molecule has 0 saturated carbocycles. The van der Waals surface area contributed by atoms with E-state index in [0.29, 0.717) is 6.42 Å². The monoisotopic (exact) mass is 435 g/mol. The first-order valence-corrected chi connectivity index (χ1v) is 12.7. The zero-order valence-corrected chi connectivity index (χ0v) is 20.2. The van der Waals surface area contributed by atoms with E-state index in [4.69, 9.17) is 0 Å². The van der Waals surface area contributed by atoms with Gasteiger partial charge in [0, 0.05) is 6.42 Å². The second-order valence-electron chi connectivity index (χ2n) is 8.40. The summed E-state index contributed by atoms with van der Waals surface area (Å²) in [7, 11) is 0. The molecule has 0 aliphatic heterocycles. The Labute approximate surface area is 191 Å². The molecule has 2 atom stereocenters. The second-order valence-corrected chi connectivity index (χ2v) is 8.40. The summed E-state index contributed by atoms with van der Waals surface area (Å²) < 4.78 is 0. The first-order valence-electron chi connectivity index (χ1n) is 12.7. The molecule has 4 nitrogen and oxygen atoms in total. The average Bonchev–Trinajstić information content (AvgIpc) is 2.77. The van der Waals surface area contributed by atoms with Gasteiger partial charge in [0.25, 0.3) is 0 Å². The van der Waals surface area contributed by atoms with Crippen LogP contribution in [0.4, 0.5) is 0 Å². The van der Waals surface area contributed by atoms with Crippen molar-refractivity contribution in [2.45, 2.75) is 122 Å². The number of allylic oxidation sites excluding steroid dienone is 5. The fourth-order valence-electron chi connectivity index (χ4n) is 3.45. The molecule has 0 aromatic rings. The molecular formula is C27H49NO3. The molecule has 0 radical (unpaired) electrons. The zero-order chi connectivity index (χ0) is 23.0. The Kier molecular flexibility index (Phi) is 22.2. The van der Waals surface area contributed by atoms with Crippen molar-refractivity contribution in [1.29, 1.82) is 0 Å². The Balaban J connectivity index is 3.82. The summed E-state index contributed by atoms with van der Waals surface area (Å²) in [5.74, 6) is -0.0878. The predicted molar refractivity (Wildman–Crippen MR) is 133 cm³/mol. The Morgan fingerprint density at radius 2 is 1.32 bits per heavy atom. The number of unbranched alkanes of at least 4 members (excludes halogenated alkanes) is 11. The van der Waals surface area contributed by atoms with E-state index in [1.807, 2.05) is 13.0 Å². The quantitative estimate of drug-likeness (QED) is 0.145. The van der Waals surface area contributed by atoms with Gasteiger partial charge in [-0.2, -0.15) is 0 Å². The average molecular weight is 436 g/mol. The summed E-state index contributed by atoms with van der Waals surface area (Å²) in [5, 5.41) is 22.5. The largest absolute Gasteiger partial charge is 0.394 e. The van der Waals surface area contributed by atoms with Crippen molar-refractivity contribution in [3.05, 3.63) is 36.5 Å². The summed E-state index contributed by atoms with van der Waals surface area (Å²) in [5.41, 5.74) is 0. The number of nitrogens with one attached hydrogen (secondary N) is 1. The van der Waals surface area contributed by atoms with Crippen molar-refractivity contribution in [3.63, 3.8) is 0 Å². The highest BCUT2D eigenvalue weighted by Crippen LogP contribution is 2.11. The number of carbonyl (C=O) groups excluding carboxylic acids is 1. The molecule has 180 valence electrons. The van der Waals surface area contributed by atoms with Crippen LogP contribution in [0.3, 0.4) is 0 Å². The minimum Gasteiger partial charge on any atom is -0.394 e. The van der Waals surface area contributed by atoms with Crippen molar-refractivity contribution in [2.24, 2.45) is 0 Å². The van der Waals surface area contributed by atoms with Crippen molar-refractivity contribution < 1.29 is 15.0 Å². The van der Waals surface area contributed by atoms with Crippen LogP contribution in [0.25, 0.3) is 0 Å². The zero-order valence-electron chi connectivity index (χ0n) is 20.2. The number of hydrogen-bond acceptors (Lipinski definition) is 3. The van der Waals surface area contributed by atoms with Crippen molar-refractivity contribution in [2.75, 3.05) is 6.61 Å². The van der Waals surface area contributed by atoms with Crippen LogP contribution < -0.4 is 5.32 Å². The second kappa shape index (κ2) is 23.3. The predicted octanol–water partition coefficient (Wildman–Crippen LogP) is 6.38.